The summed E-state index contributed by atoms with van der Waals surface area (Å²) in [5.41, 5.74) is 1.13. The fourth-order valence-corrected chi connectivity index (χ4v) is 2.17. The van der Waals surface area contributed by atoms with E-state index in [2.05, 4.69) is 5.32 Å². The maximum atomic E-state index is 12.2. The molecule has 0 radical (unpaired) electrons. The molecule has 25 heavy (non-hydrogen) atoms. The number of hydrogen-bond donors (Lipinski definition) is 1. The van der Waals surface area contributed by atoms with Crippen molar-refractivity contribution in [2.75, 3.05) is 32.6 Å². The van der Waals surface area contributed by atoms with Crippen LogP contribution in [0, 0.1) is 0 Å². The lowest BCUT2D eigenvalue weighted by Crippen LogP contribution is -2.34. The summed E-state index contributed by atoms with van der Waals surface area (Å²) < 4.78 is 10.9. The molecule has 0 aliphatic rings. The highest BCUT2D eigenvalue weighted by Crippen LogP contribution is 2.25. The van der Waals surface area contributed by atoms with Gasteiger partial charge in [0.05, 0.1) is 13.7 Å². The molecule has 0 atom stereocenters. The second-order valence-corrected chi connectivity index (χ2v) is 5.49. The number of urea groups is 1. The minimum Gasteiger partial charge on any atom is -0.493 e. The highest BCUT2D eigenvalue weighted by atomic mass is 16.5. The molecule has 0 aliphatic heterocycles. The number of anilines is 1. The Labute approximate surface area is 147 Å². The van der Waals surface area contributed by atoms with Gasteiger partial charge < -0.3 is 19.7 Å². The van der Waals surface area contributed by atoms with Gasteiger partial charge in [0.1, 0.15) is 6.61 Å². The summed E-state index contributed by atoms with van der Waals surface area (Å²) in [6, 6.07) is 13.9. The van der Waals surface area contributed by atoms with Crippen molar-refractivity contribution in [1.29, 1.82) is 0 Å². The minimum atomic E-state index is -0.274. The Morgan fingerprint density at radius 1 is 1.08 bits per heavy atom. The first kappa shape index (κ1) is 18.3. The summed E-state index contributed by atoms with van der Waals surface area (Å²) in [5.74, 6) is 1.23. The molecule has 2 amide bonds. The van der Waals surface area contributed by atoms with Crippen molar-refractivity contribution in [1.82, 2.24) is 4.90 Å². The Balaban J connectivity index is 1.86. The number of ketones is 1. The van der Waals surface area contributed by atoms with E-state index in [1.807, 2.05) is 24.3 Å². The molecule has 2 aromatic carbocycles. The van der Waals surface area contributed by atoms with Gasteiger partial charge in [0.25, 0.3) is 0 Å². The minimum absolute atomic E-state index is 0.0466. The van der Waals surface area contributed by atoms with Crippen LogP contribution in [0.15, 0.2) is 48.5 Å². The lowest BCUT2D eigenvalue weighted by atomic mass is 10.1. The maximum absolute atomic E-state index is 12.2. The van der Waals surface area contributed by atoms with E-state index in [0.29, 0.717) is 35.9 Å². The monoisotopic (exact) mass is 342 g/mol. The number of benzene rings is 2. The lowest BCUT2D eigenvalue weighted by molar-refractivity contribution is 0.101. The van der Waals surface area contributed by atoms with Crippen LogP contribution in [-0.2, 0) is 0 Å². The van der Waals surface area contributed by atoms with Crippen molar-refractivity contribution in [2.45, 2.75) is 6.92 Å². The van der Waals surface area contributed by atoms with Crippen molar-refractivity contribution in [2.24, 2.45) is 0 Å². The third kappa shape index (κ3) is 5.24. The molecule has 132 valence electrons. The normalized spacial score (nSPS) is 10.0. The van der Waals surface area contributed by atoms with E-state index in [1.54, 1.807) is 38.4 Å². The van der Waals surface area contributed by atoms with E-state index in [1.165, 1.54) is 11.8 Å². The Kier molecular flexibility index (Phi) is 6.39. The first-order valence-corrected chi connectivity index (χ1v) is 7.90. The number of para-hydroxylation sites is 2. The fourth-order valence-electron chi connectivity index (χ4n) is 2.17. The van der Waals surface area contributed by atoms with E-state index in [9.17, 15) is 9.59 Å². The van der Waals surface area contributed by atoms with Crippen LogP contribution in [0.4, 0.5) is 10.5 Å². The van der Waals surface area contributed by atoms with Gasteiger partial charge in [0, 0.05) is 18.3 Å². The van der Waals surface area contributed by atoms with Crippen LogP contribution in [0.3, 0.4) is 0 Å². The molecule has 0 aromatic heterocycles. The average Bonchev–Trinajstić information content (AvgIpc) is 2.62. The molecular weight excluding hydrogens is 320 g/mol. The van der Waals surface area contributed by atoms with Gasteiger partial charge in [-0.25, -0.2) is 4.79 Å². The topological polar surface area (TPSA) is 67.9 Å². The van der Waals surface area contributed by atoms with Crippen molar-refractivity contribution in [3.8, 4) is 11.5 Å². The van der Waals surface area contributed by atoms with Crippen molar-refractivity contribution >= 4 is 17.5 Å². The van der Waals surface area contributed by atoms with E-state index in [-0.39, 0.29) is 11.8 Å². The average molecular weight is 342 g/mol. The van der Waals surface area contributed by atoms with E-state index in [0.717, 1.165) is 0 Å². The highest BCUT2D eigenvalue weighted by molar-refractivity contribution is 5.96. The van der Waals surface area contributed by atoms with Crippen LogP contribution in [-0.4, -0.2) is 44.0 Å². The molecule has 0 aliphatic carbocycles. The van der Waals surface area contributed by atoms with E-state index < -0.39 is 0 Å². The number of ether oxygens (including phenoxy) is 2. The summed E-state index contributed by atoms with van der Waals surface area (Å²) >= 11 is 0. The molecule has 0 spiro atoms. The van der Waals surface area contributed by atoms with Gasteiger partial charge in [-0.3, -0.25) is 4.79 Å². The number of Topliss-reactive ketones (excluding diaryl/α,β-unsaturated/α-hetero) is 1. The van der Waals surface area contributed by atoms with Crippen molar-refractivity contribution in [3.63, 3.8) is 0 Å². The Hall–Kier alpha value is -3.02. The zero-order valence-electron chi connectivity index (χ0n) is 14.6. The van der Waals surface area contributed by atoms with E-state index >= 15 is 0 Å². The van der Waals surface area contributed by atoms with Gasteiger partial charge in [0.15, 0.2) is 17.3 Å². The van der Waals surface area contributed by atoms with Crippen molar-refractivity contribution in [3.05, 3.63) is 54.1 Å². The first-order chi connectivity index (χ1) is 12.0. The quantitative estimate of drug-likeness (QED) is 0.783. The van der Waals surface area contributed by atoms with Gasteiger partial charge in [-0.05, 0) is 31.2 Å². The number of hydrogen-bond acceptors (Lipinski definition) is 4. The molecule has 0 bridgehead atoms. The van der Waals surface area contributed by atoms with E-state index in [4.69, 9.17) is 9.47 Å². The number of rotatable bonds is 7. The van der Waals surface area contributed by atoms with Crippen LogP contribution < -0.4 is 14.8 Å². The van der Waals surface area contributed by atoms with Gasteiger partial charge in [0.2, 0.25) is 0 Å². The zero-order chi connectivity index (χ0) is 18.2. The second kappa shape index (κ2) is 8.73. The number of nitrogens with one attached hydrogen (secondary N) is 1. The van der Waals surface area contributed by atoms with Crippen molar-refractivity contribution < 1.29 is 19.1 Å². The molecule has 0 saturated heterocycles. The third-order valence-electron chi connectivity index (χ3n) is 3.62. The predicted octanol–water partition coefficient (Wildman–Crippen LogP) is 3.44. The van der Waals surface area contributed by atoms with Crippen LogP contribution in [0.25, 0.3) is 0 Å². The maximum Gasteiger partial charge on any atom is 0.321 e. The molecule has 0 fully saturated rings. The molecular formula is C19H22N2O4. The highest BCUT2D eigenvalue weighted by Gasteiger charge is 2.10. The standard InChI is InChI=1S/C19H22N2O4/c1-14(22)15-7-6-8-16(13-15)20-19(23)21(2)11-12-25-18-10-5-4-9-17(18)24-3/h4-10,13H,11-12H2,1-3H3,(H,20,23). The molecule has 2 aromatic rings. The summed E-state index contributed by atoms with van der Waals surface area (Å²) in [4.78, 5) is 25.1. The zero-order valence-corrected chi connectivity index (χ0v) is 14.6. The SMILES string of the molecule is COc1ccccc1OCCN(C)C(=O)Nc1cccc(C(C)=O)c1. The summed E-state index contributed by atoms with van der Waals surface area (Å²) in [7, 11) is 3.26. The van der Waals surface area contributed by atoms with Gasteiger partial charge in [-0.15, -0.1) is 0 Å². The number of amides is 2. The number of likely N-dealkylation sites (N-methyl/N-ethyl adjacent to an activating group) is 1. The van der Waals surface area contributed by atoms with Gasteiger partial charge in [-0.1, -0.05) is 24.3 Å². The molecule has 6 nitrogen and oxygen atoms in total. The van der Waals surface area contributed by atoms with Crippen LogP contribution in [0.1, 0.15) is 17.3 Å². The molecule has 0 unspecified atom stereocenters. The largest absolute Gasteiger partial charge is 0.493 e. The Morgan fingerprint density at radius 3 is 2.48 bits per heavy atom. The number of methoxy groups -OCH3 is 1. The Morgan fingerprint density at radius 2 is 1.80 bits per heavy atom. The lowest BCUT2D eigenvalue weighted by Gasteiger charge is -2.19. The van der Waals surface area contributed by atoms with Crippen LogP contribution in [0.5, 0.6) is 11.5 Å². The third-order valence-corrected chi connectivity index (χ3v) is 3.62. The smallest absolute Gasteiger partial charge is 0.321 e. The van der Waals surface area contributed by atoms with Crippen LogP contribution in [0.2, 0.25) is 0 Å². The Bertz CT molecular complexity index is 746. The second-order valence-electron chi connectivity index (χ2n) is 5.49. The number of nitrogens with zero attached hydrogens (tertiary/aromatic N) is 1. The molecule has 0 heterocycles. The molecule has 6 heteroatoms. The predicted molar refractivity (Wildman–Crippen MR) is 96.6 cm³/mol. The fraction of sp³-hybridized carbons (Fsp3) is 0.263. The summed E-state index contributed by atoms with van der Waals surface area (Å²) in [6.45, 7) is 2.22. The summed E-state index contributed by atoms with van der Waals surface area (Å²) in [5, 5.41) is 2.76. The first-order valence-electron chi connectivity index (χ1n) is 7.90. The number of carbonyl (C=O) groups is 2. The van der Waals surface area contributed by atoms with Gasteiger partial charge in [-0.2, -0.15) is 0 Å². The molecule has 1 N–H and O–H groups in total. The molecule has 0 saturated carbocycles. The van der Waals surface area contributed by atoms with Crippen LogP contribution >= 0.6 is 0 Å². The molecule has 2 rings (SSSR count). The number of carbonyl (C=O) groups excluding carboxylic acids is 2. The summed E-state index contributed by atoms with van der Waals surface area (Å²) in [6.07, 6.45) is 0. The van der Waals surface area contributed by atoms with Gasteiger partial charge >= 0.3 is 6.03 Å².